The van der Waals surface area contributed by atoms with Crippen LogP contribution in [-0.4, -0.2) is 40.5 Å². The summed E-state index contributed by atoms with van der Waals surface area (Å²) in [6.07, 6.45) is 11.5. The first kappa shape index (κ1) is 17.5. The SMILES string of the molecule is CC(C)(C)CN1[C@@H]2CC[C@H]1CC(Nc1c(C(N)=O)cnc3c1C=CC3)C2. The highest BCUT2D eigenvalue weighted by Gasteiger charge is 2.42. The number of piperidine rings is 1. The zero-order chi connectivity index (χ0) is 18.5. The van der Waals surface area contributed by atoms with E-state index in [1.807, 2.05) is 0 Å². The van der Waals surface area contributed by atoms with Gasteiger partial charge in [-0.25, -0.2) is 0 Å². The Balaban J connectivity index is 1.55. The van der Waals surface area contributed by atoms with Crippen LogP contribution >= 0.6 is 0 Å². The van der Waals surface area contributed by atoms with Crippen LogP contribution in [0.4, 0.5) is 5.69 Å². The van der Waals surface area contributed by atoms with Gasteiger partial charge in [-0.15, -0.1) is 0 Å². The van der Waals surface area contributed by atoms with E-state index in [1.165, 1.54) is 12.8 Å². The van der Waals surface area contributed by atoms with Crippen LogP contribution < -0.4 is 11.1 Å². The van der Waals surface area contributed by atoms with E-state index >= 15 is 0 Å². The Labute approximate surface area is 156 Å². The summed E-state index contributed by atoms with van der Waals surface area (Å²) in [6, 6.07) is 1.68. The number of amides is 1. The van der Waals surface area contributed by atoms with E-state index in [1.54, 1.807) is 6.20 Å². The largest absolute Gasteiger partial charge is 0.381 e. The Kier molecular flexibility index (Phi) is 4.30. The van der Waals surface area contributed by atoms with Crippen molar-refractivity contribution in [1.29, 1.82) is 0 Å². The molecule has 2 bridgehead atoms. The van der Waals surface area contributed by atoms with Crippen LogP contribution in [0, 0.1) is 5.41 Å². The molecule has 2 aliphatic heterocycles. The molecule has 2 fully saturated rings. The standard InChI is InChI=1S/C21H30N4O/c1-21(2,3)12-25-14-7-8-15(25)10-13(9-14)24-19-16-5-4-6-18(16)23-11-17(19)20(22)26/h4-5,11,13-15H,6-10,12H2,1-3H3,(H2,22,26)(H,23,24)/t13?,14-,15+. The zero-order valence-corrected chi connectivity index (χ0v) is 16.1. The molecule has 0 saturated carbocycles. The zero-order valence-electron chi connectivity index (χ0n) is 16.1. The maximum atomic E-state index is 11.9. The third-order valence-corrected chi connectivity index (χ3v) is 5.95. The molecule has 3 atom stereocenters. The molecule has 0 aromatic carbocycles. The van der Waals surface area contributed by atoms with Crippen LogP contribution in [0.1, 0.15) is 68.1 Å². The summed E-state index contributed by atoms with van der Waals surface area (Å²) >= 11 is 0. The first-order valence-electron chi connectivity index (χ1n) is 9.82. The van der Waals surface area contributed by atoms with Crippen LogP contribution in [0.25, 0.3) is 6.08 Å². The lowest BCUT2D eigenvalue weighted by molar-refractivity contribution is 0.0905. The molecule has 3 aliphatic rings. The number of anilines is 1. The first-order chi connectivity index (χ1) is 12.3. The highest BCUT2D eigenvalue weighted by molar-refractivity contribution is 6.00. The number of fused-ring (bicyclic) bond motifs is 3. The van der Waals surface area contributed by atoms with Crippen LogP contribution in [-0.2, 0) is 6.42 Å². The molecule has 5 nitrogen and oxygen atoms in total. The predicted octanol–water partition coefficient (Wildman–Crippen LogP) is 3.20. The average Bonchev–Trinajstić information content (AvgIpc) is 3.09. The Morgan fingerprint density at radius 3 is 2.62 bits per heavy atom. The second kappa shape index (κ2) is 6.38. The Hall–Kier alpha value is -1.88. The van der Waals surface area contributed by atoms with Gasteiger partial charge in [0.05, 0.1) is 16.9 Å². The summed E-state index contributed by atoms with van der Waals surface area (Å²) in [7, 11) is 0. The minimum absolute atomic E-state index is 0.330. The van der Waals surface area contributed by atoms with Crippen molar-refractivity contribution in [2.45, 2.75) is 71.0 Å². The summed E-state index contributed by atoms with van der Waals surface area (Å²) in [4.78, 5) is 19.1. The van der Waals surface area contributed by atoms with E-state index in [2.05, 4.69) is 48.1 Å². The lowest BCUT2D eigenvalue weighted by atomic mass is 9.90. The van der Waals surface area contributed by atoms with E-state index in [9.17, 15) is 4.79 Å². The highest BCUT2D eigenvalue weighted by Crippen LogP contribution is 2.40. The number of pyridine rings is 1. The number of carbonyl (C=O) groups excluding carboxylic acids is 1. The Morgan fingerprint density at radius 1 is 1.31 bits per heavy atom. The van der Waals surface area contributed by atoms with Gasteiger partial charge in [0.15, 0.2) is 0 Å². The molecule has 3 N–H and O–H groups in total. The number of allylic oxidation sites excluding steroid dienone is 1. The molecule has 2 saturated heterocycles. The molecular formula is C21H30N4O. The van der Waals surface area contributed by atoms with Crippen molar-refractivity contribution in [1.82, 2.24) is 9.88 Å². The van der Waals surface area contributed by atoms with Gasteiger partial charge in [0.1, 0.15) is 0 Å². The van der Waals surface area contributed by atoms with Crippen LogP contribution in [0.5, 0.6) is 0 Å². The minimum Gasteiger partial charge on any atom is -0.381 e. The van der Waals surface area contributed by atoms with Crippen LogP contribution in [0.15, 0.2) is 12.3 Å². The average molecular weight is 354 g/mol. The summed E-state index contributed by atoms with van der Waals surface area (Å²) < 4.78 is 0. The smallest absolute Gasteiger partial charge is 0.252 e. The third-order valence-electron chi connectivity index (χ3n) is 5.95. The summed E-state index contributed by atoms with van der Waals surface area (Å²) in [5.74, 6) is -0.406. The number of carbonyl (C=O) groups is 1. The van der Waals surface area contributed by atoms with Gasteiger partial charge in [0, 0.05) is 42.9 Å². The van der Waals surface area contributed by atoms with Crippen molar-refractivity contribution in [3.8, 4) is 0 Å². The molecule has 140 valence electrons. The number of hydrogen-bond acceptors (Lipinski definition) is 4. The molecule has 1 aliphatic carbocycles. The normalized spacial score (nSPS) is 27.6. The van der Waals surface area contributed by atoms with E-state index in [-0.39, 0.29) is 0 Å². The molecule has 0 spiro atoms. The number of rotatable bonds is 4. The number of primary amides is 1. The molecule has 4 rings (SSSR count). The summed E-state index contributed by atoms with van der Waals surface area (Å²) in [5, 5.41) is 3.70. The fourth-order valence-corrected chi connectivity index (χ4v) is 4.94. The topological polar surface area (TPSA) is 71.2 Å². The molecular weight excluding hydrogens is 324 g/mol. The second-order valence-electron chi connectivity index (χ2n) is 9.31. The highest BCUT2D eigenvalue weighted by atomic mass is 16.1. The van der Waals surface area contributed by atoms with Gasteiger partial charge in [0.25, 0.3) is 5.91 Å². The van der Waals surface area contributed by atoms with E-state index in [0.717, 1.165) is 42.8 Å². The molecule has 1 aromatic rings. The van der Waals surface area contributed by atoms with Gasteiger partial charge in [0.2, 0.25) is 0 Å². The number of nitrogens with one attached hydrogen (secondary N) is 1. The van der Waals surface area contributed by atoms with Gasteiger partial charge in [-0.2, -0.15) is 0 Å². The molecule has 1 amide bonds. The van der Waals surface area contributed by atoms with E-state index in [0.29, 0.717) is 29.1 Å². The van der Waals surface area contributed by atoms with Gasteiger partial charge in [-0.1, -0.05) is 32.9 Å². The van der Waals surface area contributed by atoms with Gasteiger partial charge in [-0.3, -0.25) is 14.7 Å². The minimum atomic E-state index is -0.406. The summed E-state index contributed by atoms with van der Waals surface area (Å²) in [5.41, 5.74) is 9.44. The fraction of sp³-hybridized carbons (Fsp3) is 0.619. The molecule has 1 unspecified atom stereocenters. The number of nitrogens with zero attached hydrogens (tertiary/aromatic N) is 2. The van der Waals surface area contributed by atoms with E-state index < -0.39 is 5.91 Å². The Morgan fingerprint density at radius 2 is 2.00 bits per heavy atom. The lowest BCUT2D eigenvalue weighted by Crippen LogP contribution is -2.49. The van der Waals surface area contributed by atoms with Crippen molar-refractivity contribution >= 4 is 17.7 Å². The maximum absolute atomic E-state index is 11.9. The van der Waals surface area contributed by atoms with Crippen molar-refractivity contribution < 1.29 is 4.79 Å². The number of aromatic nitrogens is 1. The number of hydrogen-bond donors (Lipinski definition) is 2. The van der Waals surface area contributed by atoms with Crippen molar-refractivity contribution in [3.63, 3.8) is 0 Å². The van der Waals surface area contributed by atoms with Gasteiger partial charge >= 0.3 is 0 Å². The molecule has 3 heterocycles. The second-order valence-corrected chi connectivity index (χ2v) is 9.31. The van der Waals surface area contributed by atoms with Crippen LogP contribution in [0.2, 0.25) is 0 Å². The molecule has 26 heavy (non-hydrogen) atoms. The fourth-order valence-electron chi connectivity index (χ4n) is 4.94. The monoisotopic (exact) mass is 354 g/mol. The van der Waals surface area contributed by atoms with Gasteiger partial charge < -0.3 is 11.1 Å². The summed E-state index contributed by atoms with van der Waals surface area (Å²) in [6.45, 7) is 8.13. The van der Waals surface area contributed by atoms with Crippen molar-refractivity contribution in [3.05, 3.63) is 29.1 Å². The van der Waals surface area contributed by atoms with Crippen molar-refractivity contribution in [2.75, 3.05) is 11.9 Å². The molecule has 0 radical (unpaired) electrons. The molecule has 1 aromatic heterocycles. The lowest BCUT2D eigenvalue weighted by Gasteiger charge is -2.42. The van der Waals surface area contributed by atoms with E-state index in [4.69, 9.17) is 5.73 Å². The number of nitrogens with two attached hydrogens (primary N) is 1. The first-order valence-corrected chi connectivity index (χ1v) is 9.82. The quantitative estimate of drug-likeness (QED) is 0.871. The van der Waals surface area contributed by atoms with Gasteiger partial charge in [-0.05, 0) is 31.1 Å². The Bertz CT molecular complexity index is 735. The van der Waals surface area contributed by atoms with Crippen molar-refractivity contribution in [2.24, 2.45) is 11.1 Å². The third kappa shape index (κ3) is 3.25. The molecule has 5 heteroatoms. The predicted molar refractivity (Wildman–Crippen MR) is 105 cm³/mol. The van der Waals surface area contributed by atoms with Crippen LogP contribution in [0.3, 0.4) is 0 Å². The maximum Gasteiger partial charge on any atom is 0.252 e.